The molecule has 21 heavy (non-hydrogen) atoms. The maximum Gasteiger partial charge on any atom is 0.252 e. The Morgan fingerprint density at radius 1 is 1.33 bits per heavy atom. The van der Waals surface area contributed by atoms with Gasteiger partial charge in [0.15, 0.2) is 0 Å². The molecule has 1 aromatic carbocycles. The van der Waals surface area contributed by atoms with Crippen LogP contribution >= 0.6 is 0 Å². The van der Waals surface area contributed by atoms with Crippen LogP contribution < -0.4 is 5.32 Å². The molecule has 0 heterocycles. The fourth-order valence-electron chi connectivity index (χ4n) is 2.85. The summed E-state index contributed by atoms with van der Waals surface area (Å²) in [5.74, 6) is 6.84. The molecule has 2 aliphatic carbocycles. The zero-order valence-electron chi connectivity index (χ0n) is 12.4. The molecule has 1 aromatic rings. The molecule has 0 unspecified atom stereocenters. The van der Waals surface area contributed by atoms with Crippen molar-refractivity contribution in [2.24, 2.45) is 11.8 Å². The van der Waals surface area contributed by atoms with Crippen LogP contribution in [-0.2, 0) is 0 Å². The topological polar surface area (TPSA) is 49.3 Å². The minimum absolute atomic E-state index is 0.0234. The van der Waals surface area contributed by atoms with Crippen LogP contribution in [0.15, 0.2) is 18.2 Å². The molecular weight excluding hydrogens is 262 g/mol. The summed E-state index contributed by atoms with van der Waals surface area (Å²) in [4.78, 5) is 12.6. The van der Waals surface area contributed by atoms with Gasteiger partial charge in [-0.1, -0.05) is 23.5 Å². The van der Waals surface area contributed by atoms with Gasteiger partial charge in [-0.05, 0) is 56.6 Å². The Hall–Kier alpha value is -1.79. The first kappa shape index (κ1) is 14.2. The van der Waals surface area contributed by atoms with E-state index in [-0.39, 0.29) is 12.5 Å². The van der Waals surface area contributed by atoms with E-state index in [1.165, 1.54) is 25.7 Å². The van der Waals surface area contributed by atoms with Crippen molar-refractivity contribution in [1.29, 1.82) is 0 Å². The number of benzene rings is 1. The number of nitrogens with one attached hydrogen (secondary N) is 1. The Morgan fingerprint density at radius 3 is 2.57 bits per heavy atom. The molecule has 2 N–H and O–H groups in total. The van der Waals surface area contributed by atoms with Crippen LogP contribution in [0.2, 0.25) is 0 Å². The predicted octanol–water partition coefficient (Wildman–Crippen LogP) is 2.26. The highest BCUT2D eigenvalue weighted by atomic mass is 16.2. The minimum atomic E-state index is -0.193. The van der Waals surface area contributed by atoms with Gasteiger partial charge >= 0.3 is 0 Å². The third-order valence-electron chi connectivity index (χ3n) is 4.28. The zero-order valence-corrected chi connectivity index (χ0v) is 12.4. The molecule has 110 valence electrons. The van der Waals surface area contributed by atoms with E-state index < -0.39 is 0 Å². The minimum Gasteiger partial charge on any atom is -0.384 e. The van der Waals surface area contributed by atoms with E-state index in [9.17, 15) is 4.79 Å². The normalized spacial score (nSPS) is 17.3. The highest BCUT2D eigenvalue weighted by molar-refractivity contribution is 5.97. The number of hydrogen-bond donors (Lipinski definition) is 2. The molecule has 1 amide bonds. The first-order valence-corrected chi connectivity index (χ1v) is 7.70. The Morgan fingerprint density at radius 2 is 2.00 bits per heavy atom. The van der Waals surface area contributed by atoms with E-state index in [2.05, 4.69) is 17.2 Å². The molecule has 0 aromatic heterocycles. The molecule has 0 bridgehead atoms. The van der Waals surface area contributed by atoms with Gasteiger partial charge in [0.25, 0.3) is 5.91 Å². The van der Waals surface area contributed by atoms with E-state index in [1.807, 2.05) is 25.1 Å². The molecule has 2 saturated carbocycles. The number of carbonyl (C=O) groups excluding carboxylic acids is 1. The van der Waals surface area contributed by atoms with Gasteiger partial charge in [-0.3, -0.25) is 4.79 Å². The molecule has 0 saturated heterocycles. The number of rotatable bonds is 4. The second kappa shape index (κ2) is 5.91. The average molecular weight is 283 g/mol. The van der Waals surface area contributed by atoms with E-state index in [4.69, 9.17) is 5.11 Å². The number of aliphatic hydroxyl groups excluding tert-OH is 1. The summed E-state index contributed by atoms with van der Waals surface area (Å²) < 4.78 is 0. The third-order valence-corrected chi connectivity index (χ3v) is 4.28. The van der Waals surface area contributed by atoms with Gasteiger partial charge in [0, 0.05) is 11.6 Å². The SMILES string of the molecule is Cc1ccc(C#CCO)c(C(=O)NC(C2CC2)C2CC2)c1. The Kier molecular flexibility index (Phi) is 3.98. The van der Waals surface area contributed by atoms with Crippen molar-refractivity contribution in [1.82, 2.24) is 5.32 Å². The van der Waals surface area contributed by atoms with Crippen molar-refractivity contribution >= 4 is 5.91 Å². The zero-order chi connectivity index (χ0) is 14.8. The van der Waals surface area contributed by atoms with Gasteiger partial charge in [-0.2, -0.15) is 0 Å². The van der Waals surface area contributed by atoms with Crippen molar-refractivity contribution < 1.29 is 9.90 Å². The smallest absolute Gasteiger partial charge is 0.252 e. The number of amides is 1. The fourth-order valence-corrected chi connectivity index (χ4v) is 2.85. The summed E-state index contributed by atoms with van der Waals surface area (Å²) in [5, 5.41) is 12.1. The van der Waals surface area contributed by atoms with E-state index >= 15 is 0 Å². The van der Waals surface area contributed by atoms with Crippen molar-refractivity contribution in [3.63, 3.8) is 0 Å². The average Bonchev–Trinajstić information content (AvgIpc) is 3.36. The second-order valence-electron chi connectivity index (χ2n) is 6.18. The molecule has 0 aliphatic heterocycles. The molecule has 3 nitrogen and oxygen atoms in total. The quantitative estimate of drug-likeness (QED) is 0.833. The lowest BCUT2D eigenvalue weighted by Gasteiger charge is -2.18. The van der Waals surface area contributed by atoms with Crippen LogP contribution in [0.1, 0.15) is 47.2 Å². The van der Waals surface area contributed by atoms with Gasteiger partial charge in [0.05, 0.1) is 5.56 Å². The van der Waals surface area contributed by atoms with Crippen molar-refractivity contribution in [3.8, 4) is 11.8 Å². The van der Waals surface area contributed by atoms with Crippen LogP contribution in [0.5, 0.6) is 0 Å². The van der Waals surface area contributed by atoms with Crippen molar-refractivity contribution in [2.75, 3.05) is 6.61 Å². The van der Waals surface area contributed by atoms with Crippen LogP contribution in [0.3, 0.4) is 0 Å². The molecular formula is C18H21NO2. The summed E-state index contributed by atoms with van der Waals surface area (Å²) in [7, 11) is 0. The van der Waals surface area contributed by atoms with Crippen LogP contribution in [0.4, 0.5) is 0 Å². The molecule has 2 fully saturated rings. The monoisotopic (exact) mass is 283 g/mol. The molecule has 3 rings (SSSR count). The summed E-state index contributed by atoms with van der Waals surface area (Å²) >= 11 is 0. The maximum atomic E-state index is 12.6. The van der Waals surface area contributed by atoms with Crippen molar-refractivity contribution in [3.05, 3.63) is 34.9 Å². The van der Waals surface area contributed by atoms with Crippen LogP contribution in [0.25, 0.3) is 0 Å². The van der Waals surface area contributed by atoms with E-state index in [1.54, 1.807) is 0 Å². The van der Waals surface area contributed by atoms with E-state index in [0.717, 1.165) is 5.56 Å². The number of aliphatic hydroxyl groups is 1. The summed E-state index contributed by atoms with van der Waals surface area (Å²) in [6, 6.07) is 6.03. The highest BCUT2D eigenvalue weighted by Crippen LogP contribution is 2.44. The van der Waals surface area contributed by atoms with Gasteiger partial charge in [0.2, 0.25) is 0 Å². The largest absolute Gasteiger partial charge is 0.384 e. The molecule has 2 aliphatic rings. The lowest BCUT2D eigenvalue weighted by atomic mass is 10.0. The van der Waals surface area contributed by atoms with Crippen molar-refractivity contribution in [2.45, 2.75) is 38.6 Å². The maximum absolute atomic E-state index is 12.6. The first-order chi connectivity index (χ1) is 10.2. The lowest BCUT2D eigenvalue weighted by molar-refractivity contribution is 0.0926. The molecule has 0 radical (unpaired) electrons. The van der Waals surface area contributed by atoms with Gasteiger partial charge < -0.3 is 10.4 Å². The third kappa shape index (κ3) is 3.46. The summed E-state index contributed by atoms with van der Waals surface area (Å²) in [6.07, 6.45) is 4.97. The number of aryl methyl sites for hydroxylation is 1. The highest BCUT2D eigenvalue weighted by Gasteiger charge is 2.42. The first-order valence-electron chi connectivity index (χ1n) is 7.70. The fraction of sp³-hybridized carbons (Fsp3) is 0.500. The molecule has 3 heteroatoms. The number of carbonyl (C=O) groups is 1. The van der Waals surface area contributed by atoms with Gasteiger partial charge in [-0.25, -0.2) is 0 Å². The molecule has 0 spiro atoms. The van der Waals surface area contributed by atoms with Crippen LogP contribution in [0, 0.1) is 30.6 Å². The van der Waals surface area contributed by atoms with Crippen LogP contribution in [-0.4, -0.2) is 23.7 Å². The summed E-state index contributed by atoms with van der Waals surface area (Å²) in [5.41, 5.74) is 2.36. The Labute approximate surface area is 125 Å². The van der Waals surface area contributed by atoms with Gasteiger partial charge in [0.1, 0.15) is 6.61 Å². The predicted molar refractivity (Wildman–Crippen MR) is 81.8 cm³/mol. The van der Waals surface area contributed by atoms with Gasteiger partial charge in [-0.15, -0.1) is 0 Å². The molecule has 0 atom stereocenters. The Bertz CT molecular complexity index is 591. The lowest BCUT2D eigenvalue weighted by Crippen LogP contribution is -2.38. The van der Waals surface area contributed by atoms with E-state index in [0.29, 0.717) is 29.0 Å². The standard InChI is InChI=1S/C18H21NO2/c1-12-4-5-13(3-2-10-20)16(11-12)18(21)19-17(14-6-7-14)15-8-9-15/h4-5,11,14-15,17,20H,6-10H2,1H3,(H,19,21). The summed E-state index contributed by atoms with van der Waals surface area (Å²) in [6.45, 7) is 1.78. The Balaban J connectivity index is 1.80. The number of hydrogen-bond acceptors (Lipinski definition) is 2. The second-order valence-corrected chi connectivity index (χ2v) is 6.18.